The van der Waals surface area contributed by atoms with Gasteiger partial charge in [0.25, 0.3) is 0 Å². The van der Waals surface area contributed by atoms with Gasteiger partial charge >= 0.3 is 0 Å². The Kier molecular flexibility index (Phi) is 4.88. The van der Waals surface area contributed by atoms with E-state index in [1.807, 2.05) is 6.07 Å². The maximum atomic E-state index is 10.8. The molecule has 0 radical (unpaired) electrons. The summed E-state index contributed by atoms with van der Waals surface area (Å²) >= 11 is 0. The number of aryl methyl sites for hydroxylation is 1. The molecule has 1 aromatic carbocycles. The van der Waals surface area contributed by atoms with Crippen molar-refractivity contribution in [2.45, 2.75) is 39.7 Å². The number of carbonyl (C=O) groups excluding carboxylic acids is 1. The first-order valence-electron chi connectivity index (χ1n) is 5.55. The Bertz CT molecular complexity index is 320. The first kappa shape index (κ1) is 11.8. The highest BCUT2D eigenvalue weighted by atomic mass is 16.1. The molecule has 0 fully saturated rings. The van der Waals surface area contributed by atoms with Crippen molar-refractivity contribution < 1.29 is 4.79 Å². The Morgan fingerprint density at radius 3 is 2.53 bits per heavy atom. The van der Waals surface area contributed by atoms with Crippen molar-refractivity contribution in [3.05, 3.63) is 35.4 Å². The molecule has 0 aliphatic heterocycles. The van der Waals surface area contributed by atoms with E-state index in [0.717, 1.165) is 6.42 Å². The lowest BCUT2D eigenvalue weighted by Crippen LogP contribution is -2.19. The number of amides is 1. The van der Waals surface area contributed by atoms with Crippen LogP contribution in [0.25, 0.3) is 0 Å². The predicted octanol–water partition coefficient (Wildman–Crippen LogP) is 2.67. The third-order valence-corrected chi connectivity index (χ3v) is 2.45. The fourth-order valence-electron chi connectivity index (χ4n) is 1.56. The monoisotopic (exact) mass is 205 g/mol. The first-order valence-corrected chi connectivity index (χ1v) is 5.55. The topological polar surface area (TPSA) is 29.1 Å². The molecule has 82 valence electrons. The molecule has 0 heterocycles. The van der Waals surface area contributed by atoms with Gasteiger partial charge in [0, 0.05) is 13.5 Å². The van der Waals surface area contributed by atoms with Gasteiger partial charge in [-0.3, -0.25) is 4.79 Å². The van der Waals surface area contributed by atoms with Crippen LogP contribution in [0.4, 0.5) is 0 Å². The van der Waals surface area contributed by atoms with E-state index in [-0.39, 0.29) is 5.91 Å². The zero-order valence-corrected chi connectivity index (χ0v) is 9.55. The first-order chi connectivity index (χ1) is 7.24. The fourth-order valence-corrected chi connectivity index (χ4v) is 1.56. The van der Waals surface area contributed by atoms with E-state index in [1.165, 1.54) is 24.0 Å². The SMILES string of the molecule is CCCCc1ccccc1CNC(C)=O. The number of hydrogen-bond acceptors (Lipinski definition) is 1. The van der Waals surface area contributed by atoms with Gasteiger partial charge in [0.2, 0.25) is 5.91 Å². The van der Waals surface area contributed by atoms with Crippen molar-refractivity contribution >= 4 is 5.91 Å². The summed E-state index contributed by atoms with van der Waals surface area (Å²) < 4.78 is 0. The highest BCUT2D eigenvalue weighted by Crippen LogP contribution is 2.11. The van der Waals surface area contributed by atoms with E-state index < -0.39 is 0 Å². The van der Waals surface area contributed by atoms with Crippen molar-refractivity contribution in [1.82, 2.24) is 5.32 Å². The maximum Gasteiger partial charge on any atom is 0.217 e. The van der Waals surface area contributed by atoms with Gasteiger partial charge in [-0.05, 0) is 24.0 Å². The minimum absolute atomic E-state index is 0.0281. The van der Waals surface area contributed by atoms with E-state index in [2.05, 4.69) is 30.4 Å². The summed E-state index contributed by atoms with van der Waals surface area (Å²) in [5, 5.41) is 2.84. The summed E-state index contributed by atoms with van der Waals surface area (Å²) in [6.07, 6.45) is 3.51. The highest BCUT2D eigenvalue weighted by Gasteiger charge is 2.01. The summed E-state index contributed by atoms with van der Waals surface area (Å²) in [5.74, 6) is 0.0281. The van der Waals surface area contributed by atoms with Crippen molar-refractivity contribution in [1.29, 1.82) is 0 Å². The van der Waals surface area contributed by atoms with Gasteiger partial charge in [0.15, 0.2) is 0 Å². The van der Waals surface area contributed by atoms with E-state index in [0.29, 0.717) is 6.54 Å². The summed E-state index contributed by atoms with van der Waals surface area (Å²) in [7, 11) is 0. The van der Waals surface area contributed by atoms with Gasteiger partial charge in [0.05, 0.1) is 0 Å². The van der Waals surface area contributed by atoms with Gasteiger partial charge in [0.1, 0.15) is 0 Å². The van der Waals surface area contributed by atoms with Crippen LogP contribution in [0.5, 0.6) is 0 Å². The second-order valence-electron chi connectivity index (χ2n) is 3.78. The molecule has 2 nitrogen and oxygen atoms in total. The summed E-state index contributed by atoms with van der Waals surface area (Å²) in [4.78, 5) is 10.8. The van der Waals surface area contributed by atoms with Gasteiger partial charge in [-0.2, -0.15) is 0 Å². The van der Waals surface area contributed by atoms with Crippen molar-refractivity contribution in [3.8, 4) is 0 Å². The minimum Gasteiger partial charge on any atom is -0.352 e. The molecule has 1 aromatic rings. The highest BCUT2D eigenvalue weighted by molar-refractivity contribution is 5.72. The van der Waals surface area contributed by atoms with Gasteiger partial charge < -0.3 is 5.32 Å². The second-order valence-corrected chi connectivity index (χ2v) is 3.78. The lowest BCUT2D eigenvalue weighted by atomic mass is 10.0. The third-order valence-electron chi connectivity index (χ3n) is 2.45. The molecule has 0 aliphatic rings. The molecule has 0 saturated heterocycles. The molecule has 0 aliphatic carbocycles. The average Bonchev–Trinajstić information content (AvgIpc) is 2.24. The summed E-state index contributed by atoms with van der Waals surface area (Å²) in [6, 6.07) is 8.31. The molecular weight excluding hydrogens is 186 g/mol. The van der Waals surface area contributed by atoms with Crippen molar-refractivity contribution in [2.24, 2.45) is 0 Å². The second kappa shape index (κ2) is 6.23. The minimum atomic E-state index is 0.0281. The van der Waals surface area contributed by atoms with Crippen LogP contribution < -0.4 is 5.32 Å². The van der Waals surface area contributed by atoms with Gasteiger partial charge in [-0.1, -0.05) is 37.6 Å². The predicted molar refractivity (Wildman–Crippen MR) is 62.6 cm³/mol. The zero-order chi connectivity index (χ0) is 11.1. The Balaban J connectivity index is 2.63. The van der Waals surface area contributed by atoms with Crippen LogP contribution >= 0.6 is 0 Å². The van der Waals surface area contributed by atoms with Crippen molar-refractivity contribution in [3.63, 3.8) is 0 Å². The molecule has 15 heavy (non-hydrogen) atoms. The van der Waals surface area contributed by atoms with Crippen LogP contribution in [0.2, 0.25) is 0 Å². The van der Waals surface area contributed by atoms with Crippen LogP contribution in [-0.2, 0) is 17.8 Å². The molecular formula is C13H19NO. The lowest BCUT2D eigenvalue weighted by molar-refractivity contribution is -0.119. The molecule has 0 bridgehead atoms. The quantitative estimate of drug-likeness (QED) is 0.786. The third kappa shape index (κ3) is 4.15. The normalized spacial score (nSPS) is 10.0. The Labute approximate surface area is 91.7 Å². The molecule has 0 aromatic heterocycles. The Hall–Kier alpha value is -1.31. The number of hydrogen-bond donors (Lipinski definition) is 1. The van der Waals surface area contributed by atoms with Gasteiger partial charge in [-0.15, -0.1) is 0 Å². The zero-order valence-electron chi connectivity index (χ0n) is 9.55. The molecule has 1 N–H and O–H groups in total. The molecule has 2 heteroatoms. The number of unbranched alkanes of at least 4 members (excludes halogenated alkanes) is 1. The van der Waals surface area contributed by atoms with E-state index in [4.69, 9.17) is 0 Å². The van der Waals surface area contributed by atoms with Crippen LogP contribution in [0.15, 0.2) is 24.3 Å². The average molecular weight is 205 g/mol. The van der Waals surface area contributed by atoms with Crippen LogP contribution in [-0.4, -0.2) is 5.91 Å². The smallest absolute Gasteiger partial charge is 0.217 e. The molecule has 1 rings (SSSR count). The molecule has 0 saturated carbocycles. The molecule has 0 spiro atoms. The maximum absolute atomic E-state index is 10.8. The Morgan fingerprint density at radius 1 is 1.27 bits per heavy atom. The van der Waals surface area contributed by atoms with Crippen LogP contribution in [0.3, 0.4) is 0 Å². The Morgan fingerprint density at radius 2 is 1.93 bits per heavy atom. The fraction of sp³-hybridized carbons (Fsp3) is 0.462. The lowest BCUT2D eigenvalue weighted by Gasteiger charge is -2.09. The van der Waals surface area contributed by atoms with Crippen LogP contribution in [0.1, 0.15) is 37.8 Å². The van der Waals surface area contributed by atoms with E-state index in [1.54, 1.807) is 6.92 Å². The standard InChI is InChI=1S/C13H19NO/c1-3-4-7-12-8-5-6-9-13(12)10-14-11(2)15/h5-6,8-9H,3-4,7,10H2,1-2H3,(H,14,15). The molecule has 0 atom stereocenters. The summed E-state index contributed by atoms with van der Waals surface area (Å²) in [6.45, 7) is 4.39. The number of benzene rings is 1. The van der Waals surface area contributed by atoms with Gasteiger partial charge in [-0.25, -0.2) is 0 Å². The van der Waals surface area contributed by atoms with Crippen molar-refractivity contribution in [2.75, 3.05) is 0 Å². The number of nitrogens with one attached hydrogen (secondary N) is 1. The van der Waals surface area contributed by atoms with E-state index >= 15 is 0 Å². The summed E-state index contributed by atoms with van der Waals surface area (Å²) in [5.41, 5.74) is 2.59. The molecule has 1 amide bonds. The largest absolute Gasteiger partial charge is 0.352 e. The van der Waals surface area contributed by atoms with Crippen LogP contribution in [0, 0.1) is 0 Å². The van der Waals surface area contributed by atoms with E-state index in [9.17, 15) is 4.79 Å². The molecule has 0 unspecified atom stereocenters. The number of rotatable bonds is 5. The number of carbonyl (C=O) groups is 1.